The highest BCUT2D eigenvalue weighted by molar-refractivity contribution is 5.97. The van der Waals surface area contributed by atoms with Crippen molar-refractivity contribution in [2.45, 2.75) is 51.2 Å². The second-order valence-corrected chi connectivity index (χ2v) is 4.87. The van der Waals surface area contributed by atoms with Crippen molar-refractivity contribution in [1.82, 2.24) is 9.80 Å². The fraction of sp³-hybridized carbons (Fsp3) is 0.692. The highest BCUT2D eigenvalue weighted by atomic mass is 16.2. The first-order valence-corrected chi connectivity index (χ1v) is 6.14. The lowest BCUT2D eigenvalue weighted by Gasteiger charge is -2.43. The minimum absolute atomic E-state index is 0.0609. The molecule has 2 aliphatic rings. The van der Waals surface area contributed by atoms with Crippen molar-refractivity contribution in [2.75, 3.05) is 6.54 Å². The number of carbonyl (C=O) groups excluding carboxylic acids is 2. The first-order valence-electron chi connectivity index (χ1n) is 6.14. The number of amides is 2. The van der Waals surface area contributed by atoms with E-state index in [-0.39, 0.29) is 29.9 Å². The monoisotopic (exact) mass is 234 g/mol. The third kappa shape index (κ3) is 1.80. The van der Waals surface area contributed by atoms with Crippen LogP contribution in [-0.4, -0.2) is 46.3 Å². The molecular formula is C13H18N2O2. The molecule has 2 heterocycles. The summed E-state index contributed by atoms with van der Waals surface area (Å²) in [6.45, 7) is 4.42. The molecule has 17 heavy (non-hydrogen) atoms. The molecule has 92 valence electrons. The Labute approximate surface area is 102 Å². The minimum Gasteiger partial charge on any atom is -0.329 e. The Kier molecular flexibility index (Phi) is 3.10. The molecule has 0 aromatic carbocycles. The molecule has 4 nitrogen and oxygen atoms in total. The van der Waals surface area contributed by atoms with Gasteiger partial charge in [-0.1, -0.05) is 0 Å². The summed E-state index contributed by atoms with van der Waals surface area (Å²) in [6.07, 6.45) is 7.49. The molecule has 2 aliphatic heterocycles. The summed E-state index contributed by atoms with van der Waals surface area (Å²) in [4.78, 5) is 27.9. The van der Waals surface area contributed by atoms with Crippen LogP contribution in [0.5, 0.6) is 0 Å². The molecular weight excluding hydrogens is 216 g/mol. The molecule has 0 aliphatic carbocycles. The number of rotatable bonds is 2. The molecule has 0 radical (unpaired) electrons. The third-order valence-corrected chi connectivity index (χ3v) is 3.74. The van der Waals surface area contributed by atoms with Gasteiger partial charge in [-0.25, -0.2) is 0 Å². The molecule has 0 bridgehead atoms. The number of nitrogens with zero attached hydrogens (tertiary/aromatic N) is 2. The Morgan fingerprint density at radius 3 is 2.82 bits per heavy atom. The quantitative estimate of drug-likeness (QED) is 0.657. The summed E-state index contributed by atoms with van der Waals surface area (Å²) in [5.41, 5.74) is 0. The second-order valence-electron chi connectivity index (χ2n) is 4.87. The molecule has 0 saturated carbocycles. The molecule has 3 atom stereocenters. The maximum Gasteiger partial charge on any atom is 0.246 e. The molecule has 0 spiro atoms. The van der Waals surface area contributed by atoms with Gasteiger partial charge in [0.2, 0.25) is 11.8 Å². The number of piperazine rings is 1. The van der Waals surface area contributed by atoms with Crippen LogP contribution in [0, 0.1) is 12.3 Å². The van der Waals surface area contributed by atoms with E-state index in [1.54, 1.807) is 16.7 Å². The zero-order chi connectivity index (χ0) is 12.6. The molecule has 0 N–H and O–H groups in total. The molecule has 2 rings (SSSR count). The molecule has 3 unspecified atom stereocenters. The van der Waals surface area contributed by atoms with Gasteiger partial charge in [0.15, 0.2) is 0 Å². The van der Waals surface area contributed by atoms with Crippen LogP contribution >= 0.6 is 0 Å². The summed E-state index contributed by atoms with van der Waals surface area (Å²) >= 11 is 0. The highest BCUT2D eigenvalue weighted by Gasteiger charge is 2.47. The van der Waals surface area contributed by atoms with Crippen molar-refractivity contribution >= 4 is 11.8 Å². The first-order chi connectivity index (χ1) is 8.07. The predicted octanol–water partition coefficient (Wildman–Crippen LogP) is 0.620. The van der Waals surface area contributed by atoms with Crippen LogP contribution in [0.1, 0.15) is 33.1 Å². The lowest BCUT2D eigenvalue weighted by Crippen LogP contribution is -2.63. The van der Waals surface area contributed by atoms with E-state index in [1.807, 2.05) is 6.92 Å². The van der Waals surface area contributed by atoms with E-state index in [0.29, 0.717) is 6.42 Å². The van der Waals surface area contributed by atoms with Gasteiger partial charge < -0.3 is 9.80 Å². The van der Waals surface area contributed by atoms with Gasteiger partial charge in [-0.3, -0.25) is 9.59 Å². The van der Waals surface area contributed by atoms with E-state index in [0.717, 1.165) is 19.4 Å². The van der Waals surface area contributed by atoms with E-state index in [1.165, 1.54) is 0 Å². The number of carbonyl (C=O) groups is 2. The predicted molar refractivity (Wildman–Crippen MR) is 64.0 cm³/mol. The molecule has 2 amide bonds. The second kappa shape index (κ2) is 4.40. The summed E-state index contributed by atoms with van der Waals surface area (Å²) in [7, 11) is 0. The first kappa shape index (κ1) is 12.0. The smallest absolute Gasteiger partial charge is 0.246 e. The van der Waals surface area contributed by atoms with E-state index in [2.05, 4.69) is 5.92 Å². The minimum atomic E-state index is -0.375. The Hall–Kier alpha value is -1.50. The van der Waals surface area contributed by atoms with E-state index in [9.17, 15) is 9.59 Å². The van der Waals surface area contributed by atoms with Crippen molar-refractivity contribution in [3.63, 3.8) is 0 Å². The normalized spacial score (nSPS) is 30.2. The molecule has 2 saturated heterocycles. The lowest BCUT2D eigenvalue weighted by molar-refractivity contribution is -0.160. The molecule has 4 heteroatoms. The Morgan fingerprint density at radius 2 is 2.18 bits per heavy atom. The van der Waals surface area contributed by atoms with E-state index >= 15 is 0 Å². The van der Waals surface area contributed by atoms with Gasteiger partial charge >= 0.3 is 0 Å². The van der Waals surface area contributed by atoms with Gasteiger partial charge in [-0.05, 0) is 26.7 Å². The Balaban J connectivity index is 2.24. The summed E-state index contributed by atoms with van der Waals surface area (Å²) in [5.74, 6) is 2.69. The van der Waals surface area contributed by atoms with Gasteiger partial charge in [-0.2, -0.15) is 0 Å². The van der Waals surface area contributed by atoms with E-state index in [4.69, 9.17) is 6.42 Å². The Morgan fingerprint density at radius 1 is 1.47 bits per heavy atom. The zero-order valence-electron chi connectivity index (χ0n) is 10.3. The Bertz CT molecular complexity index is 385. The van der Waals surface area contributed by atoms with Crippen LogP contribution in [-0.2, 0) is 9.59 Å². The van der Waals surface area contributed by atoms with Crippen LogP contribution in [0.3, 0.4) is 0 Å². The lowest BCUT2D eigenvalue weighted by atomic mass is 10.0. The summed E-state index contributed by atoms with van der Waals surface area (Å²) in [5, 5.41) is 0. The van der Waals surface area contributed by atoms with Crippen molar-refractivity contribution in [1.29, 1.82) is 0 Å². The van der Waals surface area contributed by atoms with Gasteiger partial charge in [0.25, 0.3) is 0 Å². The topological polar surface area (TPSA) is 40.6 Å². The van der Waals surface area contributed by atoms with Crippen LogP contribution in [0.15, 0.2) is 0 Å². The van der Waals surface area contributed by atoms with Gasteiger partial charge in [-0.15, -0.1) is 12.3 Å². The van der Waals surface area contributed by atoms with Crippen LogP contribution in [0.4, 0.5) is 0 Å². The van der Waals surface area contributed by atoms with Gasteiger partial charge in [0.05, 0.1) is 0 Å². The fourth-order valence-corrected chi connectivity index (χ4v) is 2.88. The van der Waals surface area contributed by atoms with Crippen molar-refractivity contribution < 1.29 is 9.59 Å². The summed E-state index contributed by atoms with van der Waals surface area (Å²) in [6, 6.07) is -0.673. The number of fused-ring (bicyclic) bond motifs is 1. The highest BCUT2D eigenvalue weighted by Crippen LogP contribution is 2.28. The molecule has 0 aromatic heterocycles. The van der Waals surface area contributed by atoms with Crippen LogP contribution in [0.2, 0.25) is 0 Å². The zero-order valence-corrected chi connectivity index (χ0v) is 10.3. The van der Waals surface area contributed by atoms with E-state index < -0.39 is 0 Å². The number of hydrogen-bond donors (Lipinski definition) is 0. The van der Waals surface area contributed by atoms with Gasteiger partial charge in [0.1, 0.15) is 12.1 Å². The molecule has 0 aromatic rings. The third-order valence-electron chi connectivity index (χ3n) is 3.74. The van der Waals surface area contributed by atoms with Crippen LogP contribution in [0.25, 0.3) is 0 Å². The maximum atomic E-state index is 12.3. The average Bonchev–Trinajstić information content (AvgIpc) is 2.76. The maximum absolute atomic E-state index is 12.3. The van der Waals surface area contributed by atoms with Crippen molar-refractivity contribution in [3.05, 3.63) is 0 Å². The largest absolute Gasteiger partial charge is 0.329 e. The average molecular weight is 234 g/mol. The van der Waals surface area contributed by atoms with Crippen LogP contribution < -0.4 is 0 Å². The SMILES string of the molecule is C#CCC(C)N1C(=O)C2CCCN2C(=O)C1C. The molecule has 2 fully saturated rings. The van der Waals surface area contributed by atoms with Gasteiger partial charge in [0, 0.05) is 19.0 Å². The standard InChI is InChI=1S/C13H18N2O2/c1-4-6-9(2)15-10(3)12(16)14-8-5-7-11(14)13(15)17/h1,9-11H,5-8H2,2-3H3. The number of hydrogen-bond acceptors (Lipinski definition) is 2. The number of terminal acetylenes is 1. The summed E-state index contributed by atoms with van der Waals surface area (Å²) < 4.78 is 0. The fourth-order valence-electron chi connectivity index (χ4n) is 2.88. The van der Waals surface area contributed by atoms with Crippen molar-refractivity contribution in [3.8, 4) is 12.3 Å². The van der Waals surface area contributed by atoms with Crippen molar-refractivity contribution in [2.24, 2.45) is 0 Å².